The summed E-state index contributed by atoms with van der Waals surface area (Å²) in [4.78, 5) is 12.4. The van der Waals surface area contributed by atoms with Gasteiger partial charge in [-0.2, -0.15) is 0 Å². The molecule has 0 aliphatic carbocycles. The lowest BCUT2D eigenvalue weighted by Crippen LogP contribution is -2.04. The lowest BCUT2D eigenvalue weighted by Gasteiger charge is -2.06. The molecule has 150 valence electrons. The zero-order valence-corrected chi connectivity index (χ0v) is 17.6. The first kappa shape index (κ1) is 22.7. The zero-order chi connectivity index (χ0) is 20.2. The summed E-state index contributed by atoms with van der Waals surface area (Å²) in [6.45, 7) is 13.7. The van der Waals surface area contributed by atoms with Gasteiger partial charge in [0.1, 0.15) is 23.0 Å². The van der Waals surface area contributed by atoms with E-state index in [-0.39, 0.29) is 0 Å². The van der Waals surface area contributed by atoms with Crippen LogP contribution in [0.3, 0.4) is 0 Å². The first-order chi connectivity index (χ1) is 13.0. The molecule has 0 atom stereocenters. The van der Waals surface area contributed by atoms with Gasteiger partial charge in [-0.25, -0.2) is 9.97 Å². The molecule has 0 spiro atoms. The number of hydrogen-bond donors (Lipinski definition) is 3. The Morgan fingerprint density at radius 2 is 1.93 bits per heavy atom. The number of nitrogens with zero attached hydrogens (tertiary/aromatic N) is 2. The molecule has 0 radical (unpaired) electrons. The Bertz CT molecular complexity index is 760. The fourth-order valence-electron chi connectivity index (χ4n) is 2.28. The van der Waals surface area contributed by atoms with E-state index in [9.17, 15) is 0 Å². The molecule has 6 nitrogen and oxygen atoms in total. The van der Waals surface area contributed by atoms with Crippen molar-refractivity contribution in [1.29, 1.82) is 0 Å². The smallest absolute Gasteiger partial charge is 0.143 e. The minimum absolute atomic E-state index is 0.597. The molecule has 27 heavy (non-hydrogen) atoms. The summed E-state index contributed by atoms with van der Waals surface area (Å²) in [6, 6.07) is 5.87. The second-order valence-corrected chi connectivity index (χ2v) is 6.60. The Kier molecular flexibility index (Phi) is 10.2. The summed E-state index contributed by atoms with van der Waals surface area (Å²) in [5, 5.41) is 4.31. The van der Waals surface area contributed by atoms with Crippen LogP contribution in [0.1, 0.15) is 58.8 Å². The summed E-state index contributed by atoms with van der Waals surface area (Å²) >= 11 is 0. The number of furan rings is 1. The van der Waals surface area contributed by atoms with Gasteiger partial charge in [-0.05, 0) is 37.1 Å². The fourth-order valence-corrected chi connectivity index (χ4v) is 2.28. The minimum Gasteiger partial charge on any atom is -0.467 e. The van der Waals surface area contributed by atoms with Crippen molar-refractivity contribution in [2.75, 3.05) is 11.9 Å². The number of nitrogens with one attached hydrogen (secondary N) is 2. The molecule has 0 saturated heterocycles. The third-order valence-electron chi connectivity index (χ3n) is 3.33. The van der Waals surface area contributed by atoms with Crippen LogP contribution in [0.2, 0.25) is 0 Å². The van der Waals surface area contributed by atoms with Crippen LogP contribution in [0.25, 0.3) is 11.0 Å². The summed E-state index contributed by atoms with van der Waals surface area (Å²) in [6.07, 6.45) is 3.26. The largest absolute Gasteiger partial charge is 0.467 e. The second-order valence-electron chi connectivity index (χ2n) is 6.60. The quantitative estimate of drug-likeness (QED) is 0.570. The number of aromatic nitrogens is 3. The van der Waals surface area contributed by atoms with Crippen LogP contribution in [0.5, 0.6) is 0 Å². The normalized spacial score (nSPS) is 10.2. The summed E-state index contributed by atoms with van der Waals surface area (Å²) in [5.41, 5.74) is 7.55. The van der Waals surface area contributed by atoms with Crippen LogP contribution in [-0.2, 0) is 19.4 Å². The first-order valence-corrected chi connectivity index (χ1v) is 9.88. The molecule has 0 fully saturated rings. The average Bonchev–Trinajstić information content (AvgIpc) is 3.30. The maximum absolute atomic E-state index is 5.62. The lowest BCUT2D eigenvalue weighted by atomic mass is 10.2. The molecule has 0 bridgehead atoms. The number of aromatic amines is 1. The van der Waals surface area contributed by atoms with Gasteiger partial charge in [0.2, 0.25) is 0 Å². The van der Waals surface area contributed by atoms with Gasteiger partial charge in [-0.3, -0.25) is 0 Å². The number of anilines is 1. The summed E-state index contributed by atoms with van der Waals surface area (Å²) in [7, 11) is 0. The molecule has 3 heterocycles. The monoisotopic (exact) mass is 373 g/mol. The Morgan fingerprint density at radius 3 is 2.48 bits per heavy atom. The molecule has 3 rings (SSSR count). The van der Waals surface area contributed by atoms with E-state index in [1.54, 1.807) is 6.26 Å². The van der Waals surface area contributed by atoms with Crippen LogP contribution < -0.4 is 11.1 Å². The molecule has 0 saturated carbocycles. The number of nitrogens with two attached hydrogens (primary N) is 1. The van der Waals surface area contributed by atoms with Crippen molar-refractivity contribution in [3.63, 3.8) is 0 Å². The molecule has 3 aromatic heterocycles. The fraction of sp³-hybridized carbons (Fsp3) is 0.524. The molecule has 0 unspecified atom stereocenters. The predicted molar refractivity (Wildman–Crippen MR) is 114 cm³/mol. The molecule has 0 aliphatic heterocycles. The van der Waals surface area contributed by atoms with Crippen molar-refractivity contribution in [3.8, 4) is 0 Å². The highest BCUT2D eigenvalue weighted by atomic mass is 16.3. The van der Waals surface area contributed by atoms with Gasteiger partial charge < -0.3 is 20.5 Å². The van der Waals surface area contributed by atoms with E-state index in [0.29, 0.717) is 13.1 Å². The van der Waals surface area contributed by atoms with Crippen LogP contribution in [-0.4, -0.2) is 21.5 Å². The van der Waals surface area contributed by atoms with Gasteiger partial charge in [0.05, 0.1) is 18.2 Å². The average molecular weight is 374 g/mol. The van der Waals surface area contributed by atoms with Gasteiger partial charge in [0, 0.05) is 12.1 Å². The molecular weight excluding hydrogens is 338 g/mol. The third-order valence-corrected chi connectivity index (χ3v) is 3.33. The van der Waals surface area contributed by atoms with Crippen LogP contribution >= 0.6 is 0 Å². The predicted octanol–water partition coefficient (Wildman–Crippen LogP) is 4.92. The number of rotatable bonds is 6. The zero-order valence-electron chi connectivity index (χ0n) is 17.6. The second kappa shape index (κ2) is 12.1. The van der Waals surface area contributed by atoms with Crippen molar-refractivity contribution in [1.82, 2.24) is 15.0 Å². The van der Waals surface area contributed by atoms with Crippen LogP contribution in [0, 0.1) is 5.92 Å². The van der Waals surface area contributed by atoms with Gasteiger partial charge in [-0.1, -0.05) is 41.5 Å². The topological polar surface area (TPSA) is 92.8 Å². The highest BCUT2D eigenvalue weighted by molar-refractivity contribution is 5.87. The van der Waals surface area contributed by atoms with Crippen molar-refractivity contribution in [2.45, 2.75) is 60.9 Å². The number of fused-ring (bicyclic) bond motifs is 1. The number of aryl methyl sites for hydroxylation is 1. The highest BCUT2D eigenvalue weighted by Crippen LogP contribution is 2.22. The maximum atomic E-state index is 5.62. The van der Waals surface area contributed by atoms with E-state index in [0.717, 1.165) is 52.9 Å². The molecule has 0 aliphatic rings. The Labute approximate surface area is 163 Å². The Balaban J connectivity index is 0.000000541. The molecule has 0 aromatic carbocycles. The van der Waals surface area contributed by atoms with Crippen molar-refractivity contribution >= 4 is 16.9 Å². The van der Waals surface area contributed by atoms with E-state index in [2.05, 4.69) is 47.1 Å². The summed E-state index contributed by atoms with van der Waals surface area (Å²) < 4.78 is 5.34. The highest BCUT2D eigenvalue weighted by Gasteiger charge is 2.10. The molecule has 6 heteroatoms. The van der Waals surface area contributed by atoms with Crippen LogP contribution in [0.4, 0.5) is 5.82 Å². The van der Waals surface area contributed by atoms with E-state index < -0.39 is 0 Å². The van der Waals surface area contributed by atoms with Gasteiger partial charge >= 0.3 is 0 Å². The van der Waals surface area contributed by atoms with Crippen molar-refractivity contribution < 1.29 is 4.42 Å². The van der Waals surface area contributed by atoms with E-state index in [1.165, 1.54) is 0 Å². The molecule has 3 aromatic rings. The summed E-state index contributed by atoms with van der Waals surface area (Å²) in [5.74, 6) is 3.34. The standard InChI is InChI=1S/C15H19N5O.C4H10.C2H6/c1-2-13-19-14(17-9-11-4-3-7-21-11)12-8-10(5-6-16)18-15(12)20-13;1-4(2)3;1-2/h3-4,7-8H,2,5-6,9,16H2,1H3,(H2,17,18,19,20);4H,1-3H3;1-2H3. The minimum atomic E-state index is 0.597. The lowest BCUT2D eigenvalue weighted by molar-refractivity contribution is 0.518. The number of hydrogen-bond acceptors (Lipinski definition) is 5. The van der Waals surface area contributed by atoms with Gasteiger partial charge in [-0.15, -0.1) is 0 Å². The SMILES string of the molecule is CC.CC(C)C.CCc1nc(NCc2ccco2)c2cc(CCN)[nH]c2n1. The Hall–Kier alpha value is -2.34. The molecular formula is C21H35N5O. The Morgan fingerprint density at radius 1 is 1.22 bits per heavy atom. The van der Waals surface area contributed by atoms with E-state index >= 15 is 0 Å². The van der Waals surface area contributed by atoms with E-state index in [4.69, 9.17) is 10.2 Å². The van der Waals surface area contributed by atoms with Gasteiger partial charge in [0.15, 0.2) is 0 Å². The maximum Gasteiger partial charge on any atom is 0.143 e. The van der Waals surface area contributed by atoms with Crippen molar-refractivity contribution in [2.24, 2.45) is 11.7 Å². The first-order valence-electron chi connectivity index (χ1n) is 9.88. The van der Waals surface area contributed by atoms with Crippen LogP contribution in [0.15, 0.2) is 28.9 Å². The number of H-pyrrole nitrogens is 1. The van der Waals surface area contributed by atoms with E-state index in [1.807, 2.05) is 32.9 Å². The van der Waals surface area contributed by atoms with Crippen molar-refractivity contribution in [3.05, 3.63) is 41.7 Å². The molecule has 0 amide bonds. The van der Waals surface area contributed by atoms with Gasteiger partial charge in [0.25, 0.3) is 0 Å². The molecule has 4 N–H and O–H groups in total. The third kappa shape index (κ3) is 7.43.